The topological polar surface area (TPSA) is 81.9 Å². The highest BCUT2D eigenvalue weighted by Gasteiger charge is 2.23. The number of ether oxygens (including phenoxy) is 2. The lowest BCUT2D eigenvalue weighted by Gasteiger charge is -2.18. The zero-order valence-corrected chi connectivity index (χ0v) is 15.0. The zero-order valence-electron chi connectivity index (χ0n) is 15.0. The van der Waals surface area contributed by atoms with Crippen molar-refractivity contribution in [2.75, 3.05) is 32.0 Å². The van der Waals surface area contributed by atoms with Gasteiger partial charge in [0, 0.05) is 12.2 Å². The smallest absolute Gasteiger partial charge is 0.341 e. The first-order valence-corrected chi connectivity index (χ1v) is 8.43. The Morgan fingerprint density at radius 2 is 1.83 bits per heavy atom. The molecule has 0 aromatic heterocycles. The van der Waals surface area contributed by atoms with Gasteiger partial charge in [0.2, 0.25) is 0 Å². The Bertz CT molecular complexity index is 556. The maximum atomic E-state index is 12.4. The number of nitrogens with two attached hydrogens (primary N) is 1. The minimum absolute atomic E-state index is 0.0744. The molecule has 1 unspecified atom stereocenters. The first kappa shape index (κ1) is 20.0. The van der Waals surface area contributed by atoms with Crippen molar-refractivity contribution in [2.24, 2.45) is 0 Å². The van der Waals surface area contributed by atoms with Crippen molar-refractivity contribution >= 4 is 17.6 Å². The molecule has 1 atom stereocenters. The van der Waals surface area contributed by atoms with Gasteiger partial charge in [0.05, 0.1) is 17.2 Å². The van der Waals surface area contributed by atoms with Gasteiger partial charge in [-0.2, -0.15) is 0 Å². The van der Waals surface area contributed by atoms with Crippen LogP contribution < -0.4 is 5.73 Å². The quantitative estimate of drug-likeness (QED) is 0.551. The molecule has 0 saturated carbocycles. The zero-order chi connectivity index (χ0) is 18.1. The lowest BCUT2D eigenvalue weighted by molar-refractivity contribution is 0.0319. The molecule has 0 heterocycles. The normalized spacial score (nSPS) is 12.0. The van der Waals surface area contributed by atoms with Crippen LogP contribution in [0.3, 0.4) is 0 Å². The molecule has 134 valence electrons. The number of esters is 2. The van der Waals surface area contributed by atoms with E-state index in [1.54, 1.807) is 19.1 Å². The highest BCUT2D eigenvalue weighted by atomic mass is 16.5. The third-order valence-electron chi connectivity index (χ3n) is 3.94. The molecular formula is C18H28N2O4. The molecular weight excluding hydrogens is 308 g/mol. The molecule has 0 saturated heterocycles. The van der Waals surface area contributed by atoms with E-state index in [0.717, 1.165) is 13.1 Å². The summed E-state index contributed by atoms with van der Waals surface area (Å²) < 4.78 is 10.6. The standard InChI is InChI=1S/C18H28N2O4/c1-5-13(4)24-17(21)14-9-8-10-15(19)16(14)18(22)23-12-11-20(6-2)7-3/h8-10,13H,5-7,11-12,19H2,1-4H3. The first-order chi connectivity index (χ1) is 11.4. The number of benzene rings is 1. The average Bonchev–Trinajstić information content (AvgIpc) is 2.58. The Kier molecular flexibility index (Phi) is 8.26. The second-order valence-electron chi connectivity index (χ2n) is 5.56. The monoisotopic (exact) mass is 336 g/mol. The van der Waals surface area contributed by atoms with E-state index < -0.39 is 11.9 Å². The number of nitrogens with zero attached hydrogens (tertiary/aromatic N) is 1. The Morgan fingerprint density at radius 3 is 2.42 bits per heavy atom. The van der Waals surface area contributed by atoms with Gasteiger partial charge >= 0.3 is 11.9 Å². The third kappa shape index (κ3) is 5.53. The lowest BCUT2D eigenvalue weighted by Crippen LogP contribution is -2.28. The van der Waals surface area contributed by atoms with Gasteiger partial charge in [0.15, 0.2) is 0 Å². The van der Waals surface area contributed by atoms with Crippen molar-refractivity contribution in [1.29, 1.82) is 0 Å². The van der Waals surface area contributed by atoms with Crippen LogP contribution in [0.25, 0.3) is 0 Å². The van der Waals surface area contributed by atoms with E-state index in [1.807, 2.05) is 20.8 Å². The summed E-state index contributed by atoms with van der Waals surface area (Å²) in [4.78, 5) is 26.8. The van der Waals surface area contributed by atoms with Crippen LogP contribution in [0.1, 0.15) is 54.8 Å². The number of anilines is 1. The molecule has 2 N–H and O–H groups in total. The van der Waals surface area contributed by atoms with E-state index >= 15 is 0 Å². The summed E-state index contributed by atoms with van der Waals surface area (Å²) in [5.74, 6) is -1.16. The summed E-state index contributed by atoms with van der Waals surface area (Å²) in [5.41, 5.74) is 6.31. The minimum atomic E-state index is -0.601. The fraction of sp³-hybridized carbons (Fsp3) is 0.556. The van der Waals surface area contributed by atoms with Crippen molar-refractivity contribution in [3.8, 4) is 0 Å². The van der Waals surface area contributed by atoms with Gasteiger partial charge < -0.3 is 20.1 Å². The number of hydrogen-bond donors (Lipinski definition) is 1. The Hall–Kier alpha value is -2.08. The van der Waals surface area contributed by atoms with Crippen LogP contribution in [0.5, 0.6) is 0 Å². The largest absolute Gasteiger partial charge is 0.461 e. The summed E-state index contributed by atoms with van der Waals surface area (Å²) in [6, 6.07) is 4.72. The number of carbonyl (C=O) groups is 2. The van der Waals surface area contributed by atoms with Crippen LogP contribution in [-0.2, 0) is 9.47 Å². The predicted octanol–water partition coefficient (Wildman–Crippen LogP) is 2.72. The highest BCUT2D eigenvalue weighted by molar-refractivity contribution is 6.06. The van der Waals surface area contributed by atoms with E-state index in [4.69, 9.17) is 15.2 Å². The molecule has 1 rings (SSSR count). The van der Waals surface area contributed by atoms with Crippen molar-refractivity contribution in [1.82, 2.24) is 4.90 Å². The van der Waals surface area contributed by atoms with E-state index in [0.29, 0.717) is 13.0 Å². The number of hydrogen-bond acceptors (Lipinski definition) is 6. The van der Waals surface area contributed by atoms with Crippen molar-refractivity contribution < 1.29 is 19.1 Å². The number of likely N-dealkylation sites (N-methyl/N-ethyl adjacent to an activating group) is 1. The minimum Gasteiger partial charge on any atom is -0.461 e. The fourth-order valence-corrected chi connectivity index (χ4v) is 2.18. The van der Waals surface area contributed by atoms with Crippen LogP contribution >= 0.6 is 0 Å². The van der Waals surface area contributed by atoms with Gasteiger partial charge in [0.1, 0.15) is 6.61 Å². The number of rotatable bonds is 9. The molecule has 0 spiro atoms. The molecule has 0 radical (unpaired) electrons. The second-order valence-corrected chi connectivity index (χ2v) is 5.56. The summed E-state index contributed by atoms with van der Waals surface area (Å²) in [5, 5.41) is 0. The summed E-state index contributed by atoms with van der Waals surface area (Å²) in [7, 11) is 0. The first-order valence-electron chi connectivity index (χ1n) is 8.43. The van der Waals surface area contributed by atoms with Gasteiger partial charge in [-0.15, -0.1) is 0 Å². The summed E-state index contributed by atoms with van der Waals surface area (Å²) in [6.45, 7) is 10.5. The van der Waals surface area contributed by atoms with Crippen LogP contribution in [0.15, 0.2) is 18.2 Å². The molecule has 1 aromatic rings. The SMILES string of the molecule is CCC(C)OC(=O)c1cccc(N)c1C(=O)OCCN(CC)CC. The molecule has 0 aliphatic rings. The molecule has 0 aliphatic heterocycles. The molecule has 0 bridgehead atoms. The Morgan fingerprint density at radius 1 is 1.17 bits per heavy atom. The second kappa shape index (κ2) is 9.93. The van der Waals surface area contributed by atoms with Gasteiger partial charge in [-0.25, -0.2) is 9.59 Å². The summed E-state index contributed by atoms with van der Waals surface area (Å²) in [6.07, 6.45) is 0.461. The highest BCUT2D eigenvalue weighted by Crippen LogP contribution is 2.20. The fourth-order valence-electron chi connectivity index (χ4n) is 2.18. The molecule has 0 amide bonds. The summed E-state index contributed by atoms with van der Waals surface area (Å²) >= 11 is 0. The van der Waals surface area contributed by atoms with Gasteiger partial charge in [-0.1, -0.05) is 26.8 Å². The number of nitrogen functional groups attached to an aromatic ring is 1. The van der Waals surface area contributed by atoms with Gasteiger partial charge in [-0.05, 0) is 38.6 Å². The van der Waals surface area contributed by atoms with Crippen LogP contribution in [-0.4, -0.2) is 49.2 Å². The van der Waals surface area contributed by atoms with Crippen molar-refractivity contribution in [3.05, 3.63) is 29.3 Å². The molecule has 1 aromatic carbocycles. The molecule has 6 nitrogen and oxygen atoms in total. The number of carbonyl (C=O) groups excluding carboxylic acids is 2. The van der Waals surface area contributed by atoms with Crippen LogP contribution in [0.4, 0.5) is 5.69 Å². The van der Waals surface area contributed by atoms with E-state index in [-0.39, 0.29) is 29.5 Å². The predicted molar refractivity (Wildman–Crippen MR) is 94.1 cm³/mol. The molecule has 0 fully saturated rings. The molecule has 6 heteroatoms. The van der Waals surface area contributed by atoms with Crippen molar-refractivity contribution in [2.45, 2.75) is 40.2 Å². The van der Waals surface area contributed by atoms with E-state index in [9.17, 15) is 9.59 Å². The lowest BCUT2D eigenvalue weighted by atomic mass is 10.1. The van der Waals surface area contributed by atoms with E-state index in [2.05, 4.69) is 4.90 Å². The third-order valence-corrected chi connectivity index (χ3v) is 3.94. The Balaban J connectivity index is 2.86. The maximum absolute atomic E-state index is 12.4. The maximum Gasteiger partial charge on any atom is 0.341 e. The molecule has 0 aliphatic carbocycles. The van der Waals surface area contributed by atoms with Gasteiger partial charge in [-0.3, -0.25) is 0 Å². The Labute approximate surface area is 143 Å². The molecule has 24 heavy (non-hydrogen) atoms. The van der Waals surface area contributed by atoms with Crippen molar-refractivity contribution in [3.63, 3.8) is 0 Å². The van der Waals surface area contributed by atoms with Crippen LogP contribution in [0, 0.1) is 0 Å². The van der Waals surface area contributed by atoms with E-state index in [1.165, 1.54) is 6.07 Å². The van der Waals surface area contributed by atoms with Crippen LogP contribution in [0.2, 0.25) is 0 Å². The average molecular weight is 336 g/mol. The van der Waals surface area contributed by atoms with Gasteiger partial charge in [0.25, 0.3) is 0 Å².